The monoisotopic (exact) mass is 226 g/mol. The van der Waals surface area contributed by atoms with Crippen LogP contribution in [-0.2, 0) is 0 Å². The first-order chi connectivity index (χ1) is 7.72. The van der Waals surface area contributed by atoms with Crippen molar-refractivity contribution >= 4 is 0 Å². The van der Waals surface area contributed by atoms with Crippen LogP contribution in [0.2, 0.25) is 0 Å². The highest BCUT2D eigenvalue weighted by molar-refractivity contribution is 4.69. The molecule has 0 aromatic heterocycles. The van der Waals surface area contributed by atoms with Gasteiger partial charge in [-0.15, -0.1) is 0 Å². The van der Waals surface area contributed by atoms with Crippen molar-refractivity contribution in [2.24, 2.45) is 11.7 Å². The molecule has 1 aliphatic heterocycles. The van der Waals surface area contributed by atoms with Gasteiger partial charge < -0.3 is 10.6 Å². The van der Waals surface area contributed by atoms with Crippen molar-refractivity contribution in [1.82, 2.24) is 4.90 Å². The van der Waals surface area contributed by atoms with Crippen molar-refractivity contribution in [2.75, 3.05) is 19.6 Å². The Morgan fingerprint density at radius 1 is 1.25 bits per heavy atom. The van der Waals surface area contributed by atoms with E-state index in [9.17, 15) is 0 Å². The molecule has 2 atom stereocenters. The molecule has 96 valence electrons. The molecule has 1 rings (SSSR count). The van der Waals surface area contributed by atoms with Gasteiger partial charge in [-0.05, 0) is 64.6 Å². The standard InChI is InChI=1S/C14H30N2/c1-3-14-8-6-11-16(12-9-14)10-5-4-7-13(2)15/h13-14H,3-12,15H2,1-2H3. The molecule has 0 aromatic carbocycles. The van der Waals surface area contributed by atoms with Gasteiger partial charge in [0.2, 0.25) is 0 Å². The second-order valence-electron chi connectivity index (χ2n) is 5.52. The van der Waals surface area contributed by atoms with Crippen LogP contribution in [-0.4, -0.2) is 30.6 Å². The molecule has 0 radical (unpaired) electrons. The first-order valence-electron chi connectivity index (χ1n) is 7.20. The Morgan fingerprint density at radius 2 is 2.06 bits per heavy atom. The van der Waals surface area contributed by atoms with Crippen LogP contribution < -0.4 is 5.73 Å². The van der Waals surface area contributed by atoms with Crippen LogP contribution >= 0.6 is 0 Å². The molecule has 1 saturated heterocycles. The second kappa shape index (κ2) is 8.08. The number of hydrogen-bond acceptors (Lipinski definition) is 2. The SMILES string of the molecule is CCC1CCCN(CCCCC(C)N)CC1. The lowest BCUT2D eigenvalue weighted by Crippen LogP contribution is -2.26. The topological polar surface area (TPSA) is 29.3 Å². The lowest BCUT2D eigenvalue weighted by Gasteiger charge is -2.20. The highest BCUT2D eigenvalue weighted by Crippen LogP contribution is 2.20. The molecule has 2 nitrogen and oxygen atoms in total. The first kappa shape index (κ1) is 14.0. The summed E-state index contributed by atoms with van der Waals surface area (Å²) in [7, 11) is 0. The van der Waals surface area contributed by atoms with Crippen LogP contribution in [0.15, 0.2) is 0 Å². The summed E-state index contributed by atoms with van der Waals surface area (Å²) in [6.07, 6.45) is 9.47. The molecule has 16 heavy (non-hydrogen) atoms. The van der Waals surface area contributed by atoms with Crippen LogP contribution in [0.25, 0.3) is 0 Å². The smallest absolute Gasteiger partial charge is 0.00104 e. The van der Waals surface area contributed by atoms with Crippen molar-refractivity contribution in [3.8, 4) is 0 Å². The quantitative estimate of drug-likeness (QED) is 0.705. The number of nitrogens with two attached hydrogens (primary N) is 1. The van der Waals surface area contributed by atoms with Crippen molar-refractivity contribution in [3.63, 3.8) is 0 Å². The normalized spacial score (nSPS) is 25.3. The second-order valence-corrected chi connectivity index (χ2v) is 5.52. The number of nitrogens with zero attached hydrogens (tertiary/aromatic N) is 1. The zero-order valence-electron chi connectivity index (χ0n) is 11.3. The predicted molar refractivity (Wildman–Crippen MR) is 71.6 cm³/mol. The Balaban J connectivity index is 2.08. The fourth-order valence-corrected chi connectivity index (χ4v) is 2.66. The molecule has 0 aliphatic carbocycles. The molecule has 1 aliphatic rings. The van der Waals surface area contributed by atoms with E-state index in [1.807, 2.05) is 0 Å². The summed E-state index contributed by atoms with van der Waals surface area (Å²) in [5, 5.41) is 0. The molecular weight excluding hydrogens is 196 g/mol. The molecule has 0 aromatic rings. The highest BCUT2D eigenvalue weighted by atomic mass is 15.1. The van der Waals surface area contributed by atoms with E-state index < -0.39 is 0 Å². The molecule has 0 spiro atoms. The predicted octanol–water partition coefficient (Wildman–Crippen LogP) is 3.02. The zero-order valence-corrected chi connectivity index (χ0v) is 11.3. The lowest BCUT2D eigenvalue weighted by atomic mass is 9.98. The van der Waals surface area contributed by atoms with E-state index in [4.69, 9.17) is 5.73 Å². The van der Waals surface area contributed by atoms with Gasteiger partial charge >= 0.3 is 0 Å². The van der Waals surface area contributed by atoms with Gasteiger partial charge in [0, 0.05) is 6.04 Å². The van der Waals surface area contributed by atoms with E-state index >= 15 is 0 Å². The van der Waals surface area contributed by atoms with Crippen molar-refractivity contribution < 1.29 is 0 Å². The molecule has 0 saturated carbocycles. The van der Waals surface area contributed by atoms with Crippen LogP contribution in [0.3, 0.4) is 0 Å². The van der Waals surface area contributed by atoms with Gasteiger partial charge in [0.1, 0.15) is 0 Å². The lowest BCUT2D eigenvalue weighted by molar-refractivity contribution is 0.272. The van der Waals surface area contributed by atoms with E-state index in [2.05, 4.69) is 18.7 Å². The van der Waals surface area contributed by atoms with Crippen LogP contribution in [0.1, 0.15) is 58.8 Å². The minimum atomic E-state index is 0.383. The number of rotatable bonds is 6. The average Bonchev–Trinajstić information content (AvgIpc) is 2.49. The Morgan fingerprint density at radius 3 is 2.75 bits per heavy atom. The third-order valence-electron chi connectivity index (χ3n) is 3.90. The molecule has 0 bridgehead atoms. The molecule has 1 fully saturated rings. The van der Waals surface area contributed by atoms with E-state index in [1.165, 1.54) is 64.6 Å². The average molecular weight is 226 g/mol. The largest absolute Gasteiger partial charge is 0.328 e. The van der Waals surface area contributed by atoms with Gasteiger partial charge in [0.25, 0.3) is 0 Å². The summed E-state index contributed by atoms with van der Waals surface area (Å²) < 4.78 is 0. The number of unbranched alkanes of at least 4 members (excludes halogenated alkanes) is 1. The summed E-state index contributed by atoms with van der Waals surface area (Å²) in [5.74, 6) is 0.995. The Hall–Kier alpha value is -0.0800. The molecule has 2 unspecified atom stereocenters. The Kier molecular flexibility index (Phi) is 7.06. The zero-order chi connectivity index (χ0) is 11.8. The summed E-state index contributed by atoms with van der Waals surface area (Å²) in [6.45, 7) is 8.40. The molecular formula is C14H30N2. The molecule has 1 heterocycles. The van der Waals surface area contributed by atoms with Gasteiger partial charge in [-0.1, -0.05) is 19.8 Å². The Bertz CT molecular complexity index is 168. The van der Waals surface area contributed by atoms with Gasteiger partial charge in [0.15, 0.2) is 0 Å². The van der Waals surface area contributed by atoms with E-state index in [0.29, 0.717) is 6.04 Å². The van der Waals surface area contributed by atoms with Gasteiger partial charge in [-0.3, -0.25) is 0 Å². The third kappa shape index (κ3) is 5.86. The van der Waals surface area contributed by atoms with Crippen LogP contribution in [0, 0.1) is 5.92 Å². The fraction of sp³-hybridized carbons (Fsp3) is 1.00. The molecule has 2 heteroatoms. The maximum atomic E-state index is 5.76. The summed E-state index contributed by atoms with van der Waals surface area (Å²) in [6, 6.07) is 0.383. The van der Waals surface area contributed by atoms with Gasteiger partial charge in [-0.2, -0.15) is 0 Å². The van der Waals surface area contributed by atoms with Crippen LogP contribution in [0.4, 0.5) is 0 Å². The first-order valence-corrected chi connectivity index (χ1v) is 7.20. The minimum Gasteiger partial charge on any atom is -0.328 e. The summed E-state index contributed by atoms with van der Waals surface area (Å²) >= 11 is 0. The third-order valence-corrected chi connectivity index (χ3v) is 3.90. The highest BCUT2D eigenvalue weighted by Gasteiger charge is 2.14. The van der Waals surface area contributed by atoms with E-state index in [-0.39, 0.29) is 0 Å². The summed E-state index contributed by atoms with van der Waals surface area (Å²) in [5.41, 5.74) is 5.76. The van der Waals surface area contributed by atoms with Gasteiger partial charge in [0.05, 0.1) is 0 Å². The van der Waals surface area contributed by atoms with Crippen LogP contribution in [0.5, 0.6) is 0 Å². The molecule has 0 amide bonds. The number of likely N-dealkylation sites (tertiary alicyclic amines) is 1. The Labute approximate surface area is 102 Å². The molecule has 2 N–H and O–H groups in total. The van der Waals surface area contributed by atoms with Crippen molar-refractivity contribution in [3.05, 3.63) is 0 Å². The number of hydrogen-bond donors (Lipinski definition) is 1. The minimum absolute atomic E-state index is 0.383. The van der Waals surface area contributed by atoms with E-state index in [0.717, 1.165) is 5.92 Å². The van der Waals surface area contributed by atoms with E-state index in [1.54, 1.807) is 0 Å². The van der Waals surface area contributed by atoms with Gasteiger partial charge in [-0.25, -0.2) is 0 Å². The maximum Gasteiger partial charge on any atom is 0.00104 e. The maximum absolute atomic E-state index is 5.76. The van der Waals surface area contributed by atoms with Crippen molar-refractivity contribution in [1.29, 1.82) is 0 Å². The summed E-state index contributed by atoms with van der Waals surface area (Å²) in [4.78, 5) is 2.66. The fourth-order valence-electron chi connectivity index (χ4n) is 2.66. The van der Waals surface area contributed by atoms with Crippen molar-refractivity contribution in [2.45, 2.75) is 64.8 Å².